The zero-order valence-electron chi connectivity index (χ0n) is 26.5. The van der Waals surface area contributed by atoms with Crippen molar-refractivity contribution in [2.75, 3.05) is 6.61 Å². The maximum atomic E-state index is 14.2. The molecule has 0 amide bonds. The van der Waals surface area contributed by atoms with E-state index in [1.165, 1.54) is 18.2 Å². The van der Waals surface area contributed by atoms with Crippen molar-refractivity contribution < 1.29 is 27.0 Å². The van der Waals surface area contributed by atoms with Gasteiger partial charge in [0.05, 0.1) is 12.2 Å². The lowest BCUT2D eigenvalue weighted by Gasteiger charge is -2.38. The second-order valence-corrected chi connectivity index (χ2v) is 12.8. The number of alkyl halides is 3. The van der Waals surface area contributed by atoms with Crippen LogP contribution in [0.5, 0.6) is 11.5 Å². The Morgan fingerprint density at radius 2 is 1.57 bits per heavy atom. The number of fused-ring (bicyclic) bond motifs is 8. The third-order valence-electron chi connectivity index (χ3n) is 9.54. The molecule has 2 nitrogen and oxygen atoms in total. The lowest BCUT2D eigenvalue weighted by Crippen LogP contribution is -2.35. The zero-order chi connectivity index (χ0) is 33.1. The molecular formula is C41H34F4O2. The lowest BCUT2D eigenvalue weighted by molar-refractivity contribution is -0.137. The Bertz CT molecular complexity index is 2050. The maximum Gasteiger partial charge on any atom is 0.416 e. The summed E-state index contributed by atoms with van der Waals surface area (Å²) < 4.78 is 69.9. The van der Waals surface area contributed by atoms with Gasteiger partial charge >= 0.3 is 6.18 Å². The van der Waals surface area contributed by atoms with E-state index < -0.39 is 28.6 Å². The molecule has 5 aromatic carbocycles. The highest BCUT2D eigenvalue weighted by molar-refractivity contribution is 6.09. The molecule has 0 bridgehead atoms. The predicted molar refractivity (Wildman–Crippen MR) is 180 cm³/mol. The normalized spacial score (nSPS) is 17.5. The first-order chi connectivity index (χ1) is 22.5. The molecule has 238 valence electrons. The first kappa shape index (κ1) is 30.8. The van der Waals surface area contributed by atoms with E-state index in [4.69, 9.17) is 9.47 Å². The van der Waals surface area contributed by atoms with Crippen molar-refractivity contribution in [1.82, 2.24) is 0 Å². The SMILES string of the molecule is C=Cc1ccc2c(c1)-c1c(c3c(c4cc(C(F)(F)F)ccc14)OC(c1ccc(F)cc1)(c1ccc(OCCCC)cc1)C=C3)C2(C)C. The standard InChI is InChI=1S/C41H34F4O2/c1-5-7-22-46-30-16-11-27(12-17-30)40(26-9-14-29(42)15-10-26)21-20-32-37-36(34-23-25(6-2)8-19-35(34)39(37,3)4)31-18-13-28(41(43,44)45)24-33(31)38(32)47-40/h6,8-21,23-24H,2,5,7,22H2,1,3-4H3. The van der Waals surface area contributed by atoms with Crippen LogP contribution in [0.4, 0.5) is 17.6 Å². The highest BCUT2D eigenvalue weighted by Crippen LogP contribution is 2.58. The zero-order valence-corrected chi connectivity index (χ0v) is 26.5. The summed E-state index contributed by atoms with van der Waals surface area (Å²) >= 11 is 0. The Morgan fingerprint density at radius 1 is 0.872 bits per heavy atom. The monoisotopic (exact) mass is 634 g/mol. The van der Waals surface area contributed by atoms with Crippen LogP contribution < -0.4 is 9.47 Å². The fraction of sp³-hybridized carbons (Fsp3) is 0.220. The number of hydrogen-bond donors (Lipinski definition) is 0. The molecule has 2 aliphatic rings. The molecule has 47 heavy (non-hydrogen) atoms. The van der Waals surface area contributed by atoms with Gasteiger partial charge in [0.15, 0.2) is 5.60 Å². The van der Waals surface area contributed by atoms with Crippen LogP contribution in [-0.4, -0.2) is 6.61 Å². The summed E-state index contributed by atoms with van der Waals surface area (Å²) in [5.41, 5.74) is 4.45. The van der Waals surface area contributed by atoms with E-state index in [2.05, 4.69) is 39.5 Å². The number of ether oxygens (including phenoxy) is 2. The van der Waals surface area contributed by atoms with Crippen LogP contribution in [0.2, 0.25) is 0 Å². The Balaban J connectivity index is 1.51. The van der Waals surface area contributed by atoms with Crippen LogP contribution in [0.1, 0.15) is 72.6 Å². The smallest absolute Gasteiger partial charge is 0.416 e. The Hall–Kier alpha value is -4.84. The third-order valence-corrected chi connectivity index (χ3v) is 9.54. The van der Waals surface area contributed by atoms with Crippen molar-refractivity contribution in [1.29, 1.82) is 0 Å². The molecule has 7 rings (SSSR count). The van der Waals surface area contributed by atoms with E-state index in [0.29, 0.717) is 34.4 Å². The molecule has 1 heterocycles. The van der Waals surface area contributed by atoms with Gasteiger partial charge in [-0.15, -0.1) is 0 Å². The summed E-state index contributed by atoms with van der Waals surface area (Å²) in [6, 6.07) is 23.6. The fourth-order valence-corrected chi connectivity index (χ4v) is 7.13. The van der Waals surface area contributed by atoms with Crippen LogP contribution in [0.15, 0.2) is 97.6 Å². The summed E-state index contributed by atoms with van der Waals surface area (Å²) in [5, 5.41) is 1.03. The topological polar surface area (TPSA) is 18.5 Å². The van der Waals surface area contributed by atoms with Crippen molar-refractivity contribution >= 4 is 22.9 Å². The lowest BCUT2D eigenvalue weighted by atomic mass is 9.76. The molecule has 1 unspecified atom stereocenters. The van der Waals surface area contributed by atoms with Gasteiger partial charge in [0.25, 0.3) is 0 Å². The number of halogens is 4. The fourth-order valence-electron chi connectivity index (χ4n) is 7.13. The molecule has 1 aliphatic heterocycles. The maximum absolute atomic E-state index is 14.2. The molecule has 0 N–H and O–H groups in total. The number of benzene rings is 5. The summed E-state index contributed by atoms with van der Waals surface area (Å²) in [4.78, 5) is 0. The van der Waals surface area contributed by atoms with Crippen molar-refractivity contribution in [2.24, 2.45) is 0 Å². The van der Waals surface area contributed by atoms with E-state index in [-0.39, 0.29) is 0 Å². The van der Waals surface area contributed by atoms with Crippen LogP contribution in [0, 0.1) is 5.82 Å². The van der Waals surface area contributed by atoms with Gasteiger partial charge < -0.3 is 9.47 Å². The Kier molecular flexibility index (Phi) is 7.31. The molecule has 1 aliphatic carbocycles. The van der Waals surface area contributed by atoms with Gasteiger partial charge in [-0.25, -0.2) is 4.39 Å². The van der Waals surface area contributed by atoms with Gasteiger partial charge in [0, 0.05) is 27.5 Å². The second kappa shape index (κ2) is 11.2. The van der Waals surface area contributed by atoms with E-state index in [9.17, 15) is 17.6 Å². The predicted octanol–water partition coefficient (Wildman–Crippen LogP) is 11.5. The van der Waals surface area contributed by atoms with Gasteiger partial charge in [0.1, 0.15) is 17.3 Å². The van der Waals surface area contributed by atoms with Crippen LogP contribution in [0.3, 0.4) is 0 Å². The van der Waals surface area contributed by atoms with Crippen molar-refractivity contribution in [3.8, 4) is 22.6 Å². The molecule has 6 heteroatoms. The molecule has 5 aromatic rings. The van der Waals surface area contributed by atoms with E-state index in [1.807, 2.05) is 42.5 Å². The molecule has 1 atom stereocenters. The molecule has 0 saturated carbocycles. The van der Waals surface area contributed by atoms with Gasteiger partial charge in [0.2, 0.25) is 0 Å². The van der Waals surface area contributed by atoms with Crippen LogP contribution >= 0.6 is 0 Å². The summed E-state index contributed by atoms with van der Waals surface area (Å²) in [6.07, 6.45) is 3.05. The highest BCUT2D eigenvalue weighted by Gasteiger charge is 2.45. The first-order valence-corrected chi connectivity index (χ1v) is 15.8. The minimum atomic E-state index is -4.56. The average Bonchev–Trinajstić information content (AvgIpc) is 3.30. The van der Waals surface area contributed by atoms with Crippen molar-refractivity contribution in [3.63, 3.8) is 0 Å². The van der Waals surface area contributed by atoms with E-state index in [1.54, 1.807) is 24.3 Å². The highest BCUT2D eigenvalue weighted by atomic mass is 19.4. The summed E-state index contributed by atoms with van der Waals surface area (Å²) in [5.74, 6) is 0.651. The van der Waals surface area contributed by atoms with Gasteiger partial charge in [-0.2, -0.15) is 13.2 Å². The molecule has 0 aromatic heterocycles. The number of unbranched alkanes of at least 4 members (excludes halogenated alkanes) is 1. The third kappa shape index (κ3) is 4.93. The Labute approximate surface area is 272 Å². The number of rotatable bonds is 7. The molecule has 0 spiro atoms. The van der Waals surface area contributed by atoms with Crippen LogP contribution in [-0.2, 0) is 17.2 Å². The molecular weight excluding hydrogens is 600 g/mol. The van der Waals surface area contributed by atoms with Crippen molar-refractivity contribution in [3.05, 3.63) is 142 Å². The molecule has 0 saturated heterocycles. The van der Waals surface area contributed by atoms with Gasteiger partial charge in [-0.05, 0) is 88.2 Å². The van der Waals surface area contributed by atoms with Gasteiger partial charge in [-0.1, -0.05) is 88.4 Å². The van der Waals surface area contributed by atoms with E-state index >= 15 is 0 Å². The minimum Gasteiger partial charge on any atom is -0.494 e. The number of hydrogen-bond acceptors (Lipinski definition) is 2. The summed E-state index contributed by atoms with van der Waals surface area (Å²) in [6.45, 7) is 10.9. The van der Waals surface area contributed by atoms with Gasteiger partial charge in [-0.3, -0.25) is 0 Å². The quantitative estimate of drug-likeness (QED) is 0.131. The first-order valence-electron chi connectivity index (χ1n) is 15.8. The minimum absolute atomic E-state index is 0.352. The summed E-state index contributed by atoms with van der Waals surface area (Å²) in [7, 11) is 0. The Morgan fingerprint density at radius 3 is 2.23 bits per heavy atom. The van der Waals surface area contributed by atoms with Crippen molar-refractivity contribution in [2.45, 2.75) is 50.8 Å². The largest absolute Gasteiger partial charge is 0.494 e. The molecule has 0 fully saturated rings. The molecule has 0 radical (unpaired) electrons. The van der Waals surface area contributed by atoms with Crippen LogP contribution in [0.25, 0.3) is 34.1 Å². The van der Waals surface area contributed by atoms with E-state index in [0.717, 1.165) is 57.9 Å². The second-order valence-electron chi connectivity index (χ2n) is 12.8. The average molecular weight is 635 g/mol.